The Hall–Kier alpha value is -1.22. The molecule has 2 rings (SSSR count). The summed E-state index contributed by atoms with van der Waals surface area (Å²) in [5.41, 5.74) is 0.726. The van der Waals surface area contributed by atoms with Gasteiger partial charge in [0, 0.05) is 12.4 Å². The molecule has 60 valence electrons. The zero-order chi connectivity index (χ0) is 8.55. The number of hydrogen-bond donors (Lipinski definition) is 0. The summed E-state index contributed by atoms with van der Waals surface area (Å²) >= 11 is 5.54. The van der Waals surface area contributed by atoms with E-state index in [9.17, 15) is 4.39 Å². The van der Waals surface area contributed by atoms with Crippen molar-refractivity contribution in [2.45, 2.75) is 0 Å². The molecular formula is C8H4ClFN2. The summed E-state index contributed by atoms with van der Waals surface area (Å²) in [4.78, 5) is 7.74. The highest BCUT2D eigenvalue weighted by atomic mass is 35.5. The molecule has 0 unspecified atom stereocenters. The Balaban J connectivity index is 2.91. The Morgan fingerprint density at radius 3 is 2.75 bits per heavy atom. The first kappa shape index (κ1) is 7.43. The van der Waals surface area contributed by atoms with Crippen molar-refractivity contribution >= 4 is 22.6 Å². The van der Waals surface area contributed by atoms with Gasteiger partial charge in [0.1, 0.15) is 5.52 Å². The highest BCUT2D eigenvalue weighted by molar-refractivity contribution is 6.31. The quantitative estimate of drug-likeness (QED) is 0.625. The van der Waals surface area contributed by atoms with Gasteiger partial charge in [0.15, 0.2) is 5.82 Å². The second-order valence-electron chi connectivity index (χ2n) is 2.29. The predicted molar refractivity (Wildman–Crippen MR) is 44.5 cm³/mol. The van der Waals surface area contributed by atoms with Crippen LogP contribution in [0.1, 0.15) is 0 Å². The van der Waals surface area contributed by atoms with E-state index in [0.717, 1.165) is 0 Å². The Kier molecular flexibility index (Phi) is 1.66. The topological polar surface area (TPSA) is 25.8 Å². The van der Waals surface area contributed by atoms with Crippen LogP contribution in [0.2, 0.25) is 5.02 Å². The van der Waals surface area contributed by atoms with Crippen molar-refractivity contribution in [3.05, 3.63) is 35.4 Å². The second-order valence-corrected chi connectivity index (χ2v) is 2.69. The number of hydrogen-bond acceptors (Lipinski definition) is 2. The van der Waals surface area contributed by atoms with Crippen molar-refractivity contribution in [2.75, 3.05) is 0 Å². The Morgan fingerprint density at radius 2 is 1.92 bits per heavy atom. The normalized spacial score (nSPS) is 10.5. The van der Waals surface area contributed by atoms with Gasteiger partial charge in [0.05, 0.1) is 10.5 Å². The molecule has 0 fully saturated rings. The molecule has 4 heteroatoms. The largest absolute Gasteiger partial charge is 0.253 e. The number of halogens is 2. The number of benzene rings is 1. The smallest absolute Gasteiger partial charge is 0.169 e. The van der Waals surface area contributed by atoms with Crippen LogP contribution >= 0.6 is 11.6 Å². The Labute approximate surface area is 73.0 Å². The molecule has 0 N–H and O–H groups in total. The van der Waals surface area contributed by atoms with E-state index in [2.05, 4.69) is 9.97 Å². The minimum atomic E-state index is -0.512. The van der Waals surface area contributed by atoms with Crippen LogP contribution in [0.25, 0.3) is 11.0 Å². The minimum Gasteiger partial charge on any atom is -0.253 e. The predicted octanol–water partition coefficient (Wildman–Crippen LogP) is 2.42. The van der Waals surface area contributed by atoms with E-state index in [4.69, 9.17) is 11.6 Å². The lowest BCUT2D eigenvalue weighted by molar-refractivity contribution is 0.637. The molecule has 0 saturated heterocycles. The molecule has 12 heavy (non-hydrogen) atoms. The van der Waals surface area contributed by atoms with Crippen LogP contribution in [0, 0.1) is 5.82 Å². The fourth-order valence-corrected chi connectivity index (χ4v) is 1.13. The lowest BCUT2D eigenvalue weighted by Gasteiger charge is -1.97. The van der Waals surface area contributed by atoms with Gasteiger partial charge >= 0.3 is 0 Å². The van der Waals surface area contributed by atoms with E-state index < -0.39 is 5.82 Å². The van der Waals surface area contributed by atoms with Crippen LogP contribution in [0.5, 0.6) is 0 Å². The molecule has 0 aliphatic rings. The first-order valence-corrected chi connectivity index (χ1v) is 3.71. The lowest BCUT2D eigenvalue weighted by Crippen LogP contribution is -1.86. The average molecular weight is 183 g/mol. The van der Waals surface area contributed by atoms with Crippen molar-refractivity contribution in [1.82, 2.24) is 9.97 Å². The van der Waals surface area contributed by atoms with Gasteiger partial charge in [0.25, 0.3) is 0 Å². The van der Waals surface area contributed by atoms with Gasteiger partial charge in [0.2, 0.25) is 0 Å². The van der Waals surface area contributed by atoms with Crippen LogP contribution in [0.4, 0.5) is 4.39 Å². The SMILES string of the molecule is Fc1c(Cl)ccc2nccnc12. The van der Waals surface area contributed by atoms with Crippen LogP contribution in [-0.2, 0) is 0 Å². The molecule has 1 aromatic carbocycles. The minimum absolute atomic E-state index is 0.0722. The fourth-order valence-electron chi connectivity index (χ4n) is 0.978. The molecule has 0 aliphatic carbocycles. The van der Waals surface area contributed by atoms with E-state index in [1.807, 2.05) is 0 Å². The van der Waals surface area contributed by atoms with Crippen molar-refractivity contribution in [3.63, 3.8) is 0 Å². The summed E-state index contributed by atoms with van der Waals surface area (Å²) in [7, 11) is 0. The average Bonchev–Trinajstić information content (AvgIpc) is 2.12. The standard InChI is InChI=1S/C8H4ClFN2/c9-5-1-2-6-8(7(5)10)12-4-3-11-6/h1-4H. The highest BCUT2D eigenvalue weighted by Gasteiger charge is 2.05. The summed E-state index contributed by atoms with van der Waals surface area (Å²) < 4.78 is 13.2. The van der Waals surface area contributed by atoms with Crippen molar-refractivity contribution < 1.29 is 4.39 Å². The third-order valence-electron chi connectivity index (χ3n) is 1.53. The zero-order valence-electron chi connectivity index (χ0n) is 5.96. The van der Waals surface area contributed by atoms with Crippen molar-refractivity contribution in [1.29, 1.82) is 0 Å². The number of rotatable bonds is 0. The van der Waals surface area contributed by atoms with E-state index in [-0.39, 0.29) is 10.5 Å². The summed E-state index contributed by atoms with van der Waals surface area (Å²) in [6.07, 6.45) is 2.94. The zero-order valence-corrected chi connectivity index (χ0v) is 6.72. The van der Waals surface area contributed by atoms with Gasteiger partial charge in [-0.05, 0) is 12.1 Å². The van der Waals surface area contributed by atoms with Gasteiger partial charge in [-0.25, -0.2) is 9.37 Å². The molecular weight excluding hydrogens is 179 g/mol. The van der Waals surface area contributed by atoms with E-state index >= 15 is 0 Å². The molecule has 0 spiro atoms. The van der Waals surface area contributed by atoms with Gasteiger partial charge < -0.3 is 0 Å². The van der Waals surface area contributed by atoms with Gasteiger partial charge in [-0.15, -0.1) is 0 Å². The molecule has 0 atom stereocenters. The van der Waals surface area contributed by atoms with Crippen LogP contribution < -0.4 is 0 Å². The lowest BCUT2D eigenvalue weighted by atomic mass is 10.3. The van der Waals surface area contributed by atoms with Gasteiger partial charge in [-0.1, -0.05) is 11.6 Å². The van der Waals surface area contributed by atoms with E-state index in [0.29, 0.717) is 5.52 Å². The monoisotopic (exact) mass is 182 g/mol. The third-order valence-corrected chi connectivity index (χ3v) is 1.82. The molecule has 1 heterocycles. The first-order chi connectivity index (χ1) is 5.79. The number of aromatic nitrogens is 2. The summed E-state index contributed by atoms with van der Waals surface area (Å²) in [6.45, 7) is 0. The number of fused-ring (bicyclic) bond motifs is 1. The maximum Gasteiger partial charge on any atom is 0.169 e. The number of nitrogens with zero attached hydrogens (tertiary/aromatic N) is 2. The molecule has 2 aromatic rings. The maximum absolute atomic E-state index is 13.2. The van der Waals surface area contributed by atoms with Crippen LogP contribution in [0.3, 0.4) is 0 Å². The first-order valence-electron chi connectivity index (χ1n) is 3.34. The summed E-state index contributed by atoms with van der Waals surface area (Å²) in [6, 6.07) is 3.10. The van der Waals surface area contributed by atoms with Crippen LogP contribution in [0.15, 0.2) is 24.5 Å². The van der Waals surface area contributed by atoms with Gasteiger partial charge in [-0.3, -0.25) is 4.98 Å². The Bertz CT molecular complexity index is 430. The van der Waals surface area contributed by atoms with Crippen molar-refractivity contribution in [2.24, 2.45) is 0 Å². The molecule has 0 aliphatic heterocycles. The second kappa shape index (κ2) is 2.68. The highest BCUT2D eigenvalue weighted by Crippen LogP contribution is 2.20. The maximum atomic E-state index is 13.2. The van der Waals surface area contributed by atoms with E-state index in [1.54, 1.807) is 6.07 Å². The third kappa shape index (κ3) is 1.02. The summed E-state index contributed by atoms with van der Waals surface area (Å²) in [5, 5.41) is 0.0722. The van der Waals surface area contributed by atoms with Gasteiger partial charge in [-0.2, -0.15) is 0 Å². The molecule has 2 nitrogen and oxygen atoms in total. The molecule has 0 radical (unpaired) electrons. The molecule has 0 bridgehead atoms. The fraction of sp³-hybridized carbons (Fsp3) is 0. The van der Waals surface area contributed by atoms with Crippen LogP contribution in [-0.4, -0.2) is 9.97 Å². The Morgan fingerprint density at radius 1 is 1.17 bits per heavy atom. The molecule has 1 aromatic heterocycles. The summed E-state index contributed by atoms with van der Waals surface area (Å²) in [5.74, 6) is -0.512. The van der Waals surface area contributed by atoms with E-state index in [1.165, 1.54) is 18.5 Å². The molecule has 0 amide bonds. The van der Waals surface area contributed by atoms with Crippen molar-refractivity contribution in [3.8, 4) is 0 Å². The molecule has 0 saturated carbocycles.